The number of carbonyl (C=O) groups is 1. The van der Waals surface area contributed by atoms with Crippen LogP contribution in [0, 0.1) is 18.3 Å². The van der Waals surface area contributed by atoms with Crippen LogP contribution in [0.25, 0.3) is 33.6 Å². The summed E-state index contributed by atoms with van der Waals surface area (Å²) >= 11 is 0. The van der Waals surface area contributed by atoms with E-state index in [1.54, 1.807) is 29.2 Å². The minimum atomic E-state index is -0.159. The molecule has 0 bridgehead atoms. The number of pyridine rings is 1. The van der Waals surface area contributed by atoms with E-state index in [2.05, 4.69) is 21.5 Å². The van der Waals surface area contributed by atoms with Gasteiger partial charge >= 0.3 is 0 Å². The summed E-state index contributed by atoms with van der Waals surface area (Å²) in [5.41, 5.74) is 6.23. The average molecular weight is 423 g/mol. The first kappa shape index (κ1) is 20.8. The van der Waals surface area contributed by atoms with Gasteiger partial charge in [-0.25, -0.2) is 0 Å². The van der Waals surface area contributed by atoms with Gasteiger partial charge in [0.2, 0.25) is 5.91 Å². The summed E-state index contributed by atoms with van der Waals surface area (Å²) in [4.78, 5) is 16.1. The summed E-state index contributed by atoms with van der Waals surface area (Å²) in [6, 6.07) is 18.7. The molecule has 7 heteroatoms. The first-order chi connectivity index (χ1) is 15.5. The Morgan fingerprint density at radius 3 is 2.69 bits per heavy atom. The molecule has 0 spiro atoms. The van der Waals surface area contributed by atoms with Gasteiger partial charge in [0.15, 0.2) is 0 Å². The van der Waals surface area contributed by atoms with Gasteiger partial charge in [-0.3, -0.25) is 14.5 Å². The van der Waals surface area contributed by atoms with E-state index in [1.165, 1.54) is 6.92 Å². The van der Waals surface area contributed by atoms with Crippen molar-refractivity contribution in [1.82, 2.24) is 14.8 Å². The maximum atomic E-state index is 11.6. The fraction of sp³-hybridized carbons (Fsp3) is 0.120. The molecule has 0 aliphatic rings. The number of phenolic OH excluding ortho intramolecular Hbond substituents is 1. The van der Waals surface area contributed by atoms with E-state index in [0.29, 0.717) is 11.4 Å². The van der Waals surface area contributed by atoms with E-state index in [-0.39, 0.29) is 18.2 Å². The van der Waals surface area contributed by atoms with Gasteiger partial charge in [-0.2, -0.15) is 10.4 Å². The molecule has 0 saturated heterocycles. The molecular formula is C25H21N5O2. The molecule has 1 amide bonds. The second kappa shape index (κ2) is 8.74. The Morgan fingerprint density at radius 2 is 1.94 bits per heavy atom. The Hall–Kier alpha value is -4.44. The standard InChI is InChI=1S/C25H21N5O2/c1-16-11-19(13-20(32)12-16)25-22(15-28-30(25)10-8-26)18-7-9-27-24(14-18)21-5-3-4-6-23(21)29-17(2)31/h3-7,9,11-15,32H,10H2,1-2H3,(H,29,31). The molecule has 0 fully saturated rings. The zero-order chi connectivity index (χ0) is 22.7. The van der Waals surface area contributed by atoms with Gasteiger partial charge in [0.1, 0.15) is 12.3 Å². The fourth-order valence-corrected chi connectivity index (χ4v) is 3.74. The van der Waals surface area contributed by atoms with Crippen LogP contribution in [0.2, 0.25) is 0 Å². The fourth-order valence-electron chi connectivity index (χ4n) is 3.74. The van der Waals surface area contributed by atoms with Crippen LogP contribution < -0.4 is 5.32 Å². The van der Waals surface area contributed by atoms with Crippen molar-refractivity contribution in [3.05, 3.63) is 72.6 Å². The summed E-state index contributed by atoms with van der Waals surface area (Å²) in [6.45, 7) is 3.44. The highest BCUT2D eigenvalue weighted by atomic mass is 16.3. The number of aromatic hydroxyl groups is 1. The number of nitrogens with zero attached hydrogens (tertiary/aromatic N) is 4. The zero-order valence-corrected chi connectivity index (χ0v) is 17.7. The molecule has 7 nitrogen and oxygen atoms in total. The largest absolute Gasteiger partial charge is 0.508 e. The molecule has 0 aliphatic carbocycles. The average Bonchev–Trinajstić information content (AvgIpc) is 3.17. The number of aryl methyl sites for hydroxylation is 1. The molecule has 2 heterocycles. The van der Waals surface area contributed by atoms with Crippen molar-refractivity contribution in [3.8, 4) is 45.5 Å². The van der Waals surface area contributed by atoms with Crippen LogP contribution in [-0.4, -0.2) is 25.8 Å². The van der Waals surface area contributed by atoms with Gasteiger partial charge in [-0.15, -0.1) is 0 Å². The molecule has 4 aromatic rings. The summed E-state index contributed by atoms with van der Waals surface area (Å²) < 4.78 is 1.62. The lowest BCUT2D eigenvalue weighted by molar-refractivity contribution is -0.114. The maximum absolute atomic E-state index is 11.6. The van der Waals surface area contributed by atoms with Crippen LogP contribution in [0.3, 0.4) is 0 Å². The normalized spacial score (nSPS) is 10.5. The van der Waals surface area contributed by atoms with E-state index in [0.717, 1.165) is 33.5 Å². The van der Waals surface area contributed by atoms with Crippen molar-refractivity contribution in [1.29, 1.82) is 5.26 Å². The van der Waals surface area contributed by atoms with Crippen molar-refractivity contribution in [3.63, 3.8) is 0 Å². The number of para-hydroxylation sites is 1. The highest BCUT2D eigenvalue weighted by Gasteiger charge is 2.17. The lowest BCUT2D eigenvalue weighted by Gasteiger charge is -2.12. The Bertz CT molecular complexity index is 1330. The van der Waals surface area contributed by atoms with Gasteiger partial charge < -0.3 is 10.4 Å². The number of hydrogen-bond acceptors (Lipinski definition) is 5. The topological polar surface area (TPSA) is 104 Å². The zero-order valence-electron chi connectivity index (χ0n) is 17.7. The van der Waals surface area contributed by atoms with Crippen LogP contribution in [0.4, 0.5) is 5.69 Å². The summed E-state index contributed by atoms with van der Waals surface area (Å²) in [6.07, 6.45) is 3.42. The van der Waals surface area contributed by atoms with Gasteiger partial charge in [0.05, 0.1) is 29.3 Å². The highest BCUT2D eigenvalue weighted by molar-refractivity contribution is 5.94. The SMILES string of the molecule is CC(=O)Nc1ccccc1-c1cc(-c2cnn(CC#N)c2-c2cc(C)cc(O)c2)ccn1. The number of carbonyl (C=O) groups excluding carboxylic acids is 1. The van der Waals surface area contributed by atoms with Crippen molar-refractivity contribution in [2.45, 2.75) is 20.4 Å². The predicted octanol–water partition coefficient (Wildman–Crippen LogP) is 4.78. The molecular weight excluding hydrogens is 402 g/mol. The van der Waals surface area contributed by atoms with Crippen molar-refractivity contribution in [2.24, 2.45) is 0 Å². The Kier molecular flexibility index (Phi) is 5.69. The second-order valence-corrected chi connectivity index (χ2v) is 7.44. The van der Waals surface area contributed by atoms with Crippen LogP contribution in [0.15, 0.2) is 67.0 Å². The third-order valence-electron chi connectivity index (χ3n) is 4.98. The number of nitriles is 1. The van der Waals surface area contributed by atoms with Crippen LogP contribution in [0.5, 0.6) is 5.75 Å². The number of amides is 1. The van der Waals surface area contributed by atoms with Gasteiger partial charge in [0.25, 0.3) is 0 Å². The lowest BCUT2D eigenvalue weighted by Crippen LogP contribution is -2.07. The molecule has 4 rings (SSSR count). The number of rotatable bonds is 5. The molecule has 0 aliphatic heterocycles. The maximum Gasteiger partial charge on any atom is 0.221 e. The first-order valence-corrected chi connectivity index (χ1v) is 10.0. The Morgan fingerprint density at radius 1 is 1.12 bits per heavy atom. The molecule has 2 aromatic heterocycles. The first-order valence-electron chi connectivity index (χ1n) is 10.0. The minimum Gasteiger partial charge on any atom is -0.508 e. The van der Waals surface area contributed by atoms with Crippen LogP contribution in [-0.2, 0) is 11.3 Å². The molecule has 0 atom stereocenters. The molecule has 32 heavy (non-hydrogen) atoms. The van der Waals surface area contributed by atoms with E-state index in [1.807, 2.05) is 49.4 Å². The van der Waals surface area contributed by atoms with Crippen molar-refractivity contribution >= 4 is 11.6 Å². The number of nitrogens with one attached hydrogen (secondary N) is 1. The monoisotopic (exact) mass is 423 g/mol. The molecule has 0 unspecified atom stereocenters. The summed E-state index contributed by atoms with van der Waals surface area (Å²) in [5, 5.41) is 26.7. The van der Waals surface area contributed by atoms with E-state index >= 15 is 0 Å². The van der Waals surface area contributed by atoms with E-state index in [4.69, 9.17) is 0 Å². The van der Waals surface area contributed by atoms with E-state index in [9.17, 15) is 15.2 Å². The summed E-state index contributed by atoms with van der Waals surface area (Å²) in [5.74, 6) is -0.0109. The smallest absolute Gasteiger partial charge is 0.221 e. The van der Waals surface area contributed by atoms with Crippen molar-refractivity contribution < 1.29 is 9.90 Å². The number of benzene rings is 2. The lowest BCUT2D eigenvalue weighted by atomic mass is 9.98. The van der Waals surface area contributed by atoms with Crippen LogP contribution >= 0.6 is 0 Å². The predicted molar refractivity (Wildman–Crippen MR) is 123 cm³/mol. The van der Waals surface area contributed by atoms with Gasteiger partial charge in [-0.1, -0.05) is 18.2 Å². The molecule has 2 N–H and O–H groups in total. The third-order valence-corrected chi connectivity index (χ3v) is 4.98. The number of phenols is 1. The Labute approximate surface area is 185 Å². The van der Waals surface area contributed by atoms with E-state index < -0.39 is 0 Å². The molecule has 0 saturated carbocycles. The number of aromatic nitrogens is 3. The quantitative estimate of drug-likeness (QED) is 0.481. The number of hydrogen-bond donors (Lipinski definition) is 2. The van der Waals surface area contributed by atoms with Crippen LogP contribution in [0.1, 0.15) is 12.5 Å². The highest BCUT2D eigenvalue weighted by Crippen LogP contribution is 2.36. The van der Waals surface area contributed by atoms with Gasteiger partial charge in [-0.05, 0) is 54.4 Å². The van der Waals surface area contributed by atoms with Crippen molar-refractivity contribution in [2.75, 3.05) is 5.32 Å². The Balaban J connectivity index is 1.87. The van der Waals surface area contributed by atoms with Gasteiger partial charge in [0, 0.05) is 29.8 Å². The molecule has 0 radical (unpaired) electrons. The second-order valence-electron chi connectivity index (χ2n) is 7.44. The minimum absolute atomic E-state index is 0.0767. The third kappa shape index (κ3) is 4.20. The summed E-state index contributed by atoms with van der Waals surface area (Å²) in [7, 11) is 0. The molecule has 158 valence electrons. The molecule has 2 aromatic carbocycles. The number of anilines is 1.